The molecular formula is C15H16ClNO3. The number of hydrogen-bond donors (Lipinski definition) is 1. The maximum Gasteiger partial charge on any atom is 0.287 e. The van der Waals surface area contributed by atoms with E-state index in [2.05, 4.69) is 5.32 Å². The number of carbonyl (C=O) groups is 1. The molecule has 20 heavy (non-hydrogen) atoms. The van der Waals surface area contributed by atoms with Crippen molar-refractivity contribution in [1.82, 2.24) is 5.32 Å². The van der Waals surface area contributed by atoms with Gasteiger partial charge in [-0.1, -0.05) is 23.7 Å². The molecule has 2 rings (SSSR count). The summed E-state index contributed by atoms with van der Waals surface area (Å²) in [6.45, 7) is 4.00. The molecule has 0 saturated carbocycles. The maximum atomic E-state index is 11.7. The second-order valence-corrected chi connectivity index (χ2v) is 5.02. The zero-order chi connectivity index (χ0) is 14.5. The number of halogens is 1. The molecule has 0 radical (unpaired) electrons. The zero-order valence-corrected chi connectivity index (χ0v) is 12.1. The van der Waals surface area contributed by atoms with Crippen molar-refractivity contribution >= 4 is 17.5 Å². The number of rotatable bonds is 5. The van der Waals surface area contributed by atoms with Crippen molar-refractivity contribution in [2.75, 3.05) is 0 Å². The van der Waals surface area contributed by atoms with E-state index in [1.165, 1.54) is 0 Å². The Balaban J connectivity index is 1.96. The predicted octanol–water partition coefficient (Wildman–Crippen LogP) is 3.65. The lowest BCUT2D eigenvalue weighted by Gasteiger charge is -2.06. The van der Waals surface area contributed by atoms with E-state index in [1.807, 2.05) is 26.0 Å². The van der Waals surface area contributed by atoms with E-state index in [9.17, 15) is 4.79 Å². The molecule has 2 aromatic rings. The van der Waals surface area contributed by atoms with E-state index in [4.69, 9.17) is 20.8 Å². The van der Waals surface area contributed by atoms with Crippen LogP contribution < -0.4 is 10.1 Å². The van der Waals surface area contributed by atoms with Crippen LogP contribution in [0.2, 0.25) is 5.02 Å². The number of para-hydroxylation sites is 1. The van der Waals surface area contributed by atoms with Gasteiger partial charge in [0.05, 0.1) is 5.02 Å². The van der Waals surface area contributed by atoms with Crippen molar-refractivity contribution in [3.05, 3.63) is 52.9 Å². The van der Waals surface area contributed by atoms with Crippen LogP contribution in [0.1, 0.15) is 30.2 Å². The molecule has 0 spiro atoms. The van der Waals surface area contributed by atoms with Gasteiger partial charge in [-0.2, -0.15) is 0 Å². The lowest BCUT2D eigenvalue weighted by molar-refractivity contribution is 0.0911. The van der Waals surface area contributed by atoms with Gasteiger partial charge in [0.25, 0.3) is 5.91 Å². The van der Waals surface area contributed by atoms with E-state index in [0.29, 0.717) is 16.5 Å². The summed E-state index contributed by atoms with van der Waals surface area (Å²) in [7, 11) is 0. The number of hydrogen-bond acceptors (Lipinski definition) is 3. The van der Waals surface area contributed by atoms with Crippen LogP contribution in [-0.4, -0.2) is 11.9 Å². The third-order valence-corrected chi connectivity index (χ3v) is 2.82. The van der Waals surface area contributed by atoms with Crippen LogP contribution in [-0.2, 0) is 6.61 Å². The van der Waals surface area contributed by atoms with Gasteiger partial charge >= 0.3 is 0 Å². The van der Waals surface area contributed by atoms with Crippen LogP contribution in [0.3, 0.4) is 0 Å². The smallest absolute Gasteiger partial charge is 0.287 e. The number of amides is 1. The Labute approximate surface area is 122 Å². The molecule has 4 nitrogen and oxygen atoms in total. The van der Waals surface area contributed by atoms with Crippen molar-refractivity contribution in [2.45, 2.75) is 26.5 Å². The highest BCUT2D eigenvalue weighted by atomic mass is 35.5. The molecular weight excluding hydrogens is 278 g/mol. The SMILES string of the molecule is CC(C)NC(=O)c1ccc(COc2ccccc2Cl)o1. The summed E-state index contributed by atoms with van der Waals surface area (Å²) >= 11 is 5.98. The number of carbonyl (C=O) groups excluding carboxylic acids is 1. The summed E-state index contributed by atoms with van der Waals surface area (Å²) in [5.74, 6) is 1.19. The van der Waals surface area contributed by atoms with Gasteiger partial charge in [-0.3, -0.25) is 4.79 Å². The summed E-state index contributed by atoms with van der Waals surface area (Å²) in [6, 6.07) is 10.6. The molecule has 0 bridgehead atoms. The van der Waals surface area contributed by atoms with Crippen molar-refractivity contribution in [1.29, 1.82) is 0 Å². The van der Waals surface area contributed by atoms with E-state index < -0.39 is 0 Å². The molecule has 106 valence electrons. The average Bonchev–Trinajstić information content (AvgIpc) is 2.86. The van der Waals surface area contributed by atoms with E-state index in [1.54, 1.807) is 24.3 Å². The first-order chi connectivity index (χ1) is 9.56. The molecule has 1 heterocycles. The Morgan fingerprint density at radius 3 is 2.75 bits per heavy atom. The zero-order valence-electron chi connectivity index (χ0n) is 11.4. The molecule has 1 aromatic carbocycles. The van der Waals surface area contributed by atoms with Gasteiger partial charge in [0.2, 0.25) is 0 Å². The summed E-state index contributed by atoms with van der Waals surface area (Å²) in [5.41, 5.74) is 0. The van der Waals surface area contributed by atoms with Gasteiger partial charge in [-0.05, 0) is 38.1 Å². The number of ether oxygens (including phenoxy) is 1. The predicted molar refractivity (Wildman–Crippen MR) is 77.1 cm³/mol. The van der Waals surface area contributed by atoms with Crippen LogP contribution in [0.5, 0.6) is 5.75 Å². The molecule has 5 heteroatoms. The van der Waals surface area contributed by atoms with Crippen molar-refractivity contribution in [2.24, 2.45) is 0 Å². The minimum atomic E-state index is -0.232. The molecule has 1 N–H and O–H groups in total. The highest BCUT2D eigenvalue weighted by molar-refractivity contribution is 6.32. The normalized spacial score (nSPS) is 10.6. The topological polar surface area (TPSA) is 51.5 Å². The van der Waals surface area contributed by atoms with E-state index in [0.717, 1.165) is 0 Å². The van der Waals surface area contributed by atoms with Crippen LogP contribution in [0.4, 0.5) is 0 Å². The summed E-state index contributed by atoms with van der Waals surface area (Å²) in [4.78, 5) is 11.7. The molecule has 1 aromatic heterocycles. The van der Waals surface area contributed by atoms with Crippen molar-refractivity contribution in [3.63, 3.8) is 0 Å². The Morgan fingerprint density at radius 1 is 1.30 bits per heavy atom. The monoisotopic (exact) mass is 293 g/mol. The fraction of sp³-hybridized carbons (Fsp3) is 0.267. The Kier molecular flexibility index (Phi) is 4.69. The van der Waals surface area contributed by atoms with Crippen LogP contribution in [0.15, 0.2) is 40.8 Å². The quantitative estimate of drug-likeness (QED) is 0.915. The minimum absolute atomic E-state index is 0.0652. The first kappa shape index (κ1) is 14.5. The van der Waals surface area contributed by atoms with E-state index >= 15 is 0 Å². The largest absolute Gasteiger partial charge is 0.484 e. The lowest BCUT2D eigenvalue weighted by Crippen LogP contribution is -2.29. The number of benzene rings is 1. The second kappa shape index (κ2) is 6.48. The number of nitrogens with one attached hydrogen (secondary N) is 1. The Hall–Kier alpha value is -1.94. The third kappa shape index (κ3) is 3.78. The minimum Gasteiger partial charge on any atom is -0.484 e. The van der Waals surface area contributed by atoms with E-state index in [-0.39, 0.29) is 24.3 Å². The average molecular weight is 294 g/mol. The fourth-order valence-corrected chi connectivity index (χ4v) is 1.81. The van der Waals surface area contributed by atoms with Gasteiger partial charge in [0.15, 0.2) is 5.76 Å². The first-order valence-corrected chi connectivity index (χ1v) is 6.71. The summed E-state index contributed by atoms with van der Waals surface area (Å²) in [5, 5.41) is 3.30. The Bertz CT molecular complexity index is 592. The molecule has 0 saturated heterocycles. The molecule has 0 aliphatic carbocycles. The number of furan rings is 1. The van der Waals surface area contributed by atoms with Gasteiger partial charge in [0.1, 0.15) is 18.1 Å². The Morgan fingerprint density at radius 2 is 2.05 bits per heavy atom. The molecule has 0 unspecified atom stereocenters. The van der Waals surface area contributed by atoms with Gasteiger partial charge in [-0.15, -0.1) is 0 Å². The third-order valence-electron chi connectivity index (χ3n) is 2.51. The summed E-state index contributed by atoms with van der Waals surface area (Å²) in [6.07, 6.45) is 0. The second-order valence-electron chi connectivity index (χ2n) is 4.61. The molecule has 0 atom stereocenters. The van der Waals surface area contributed by atoms with Gasteiger partial charge in [-0.25, -0.2) is 0 Å². The van der Waals surface area contributed by atoms with Crippen LogP contribution >= 0.6 is 11.6 Å². The van der Waals surface area contributed by atoms with Gasteiger partial charge in [0, 0.05) is 6.04 Å². The molecule has 0 aliphatic heterocycles. The lowest BCUT2D eigenvalue weighted by atomic mass is 10.3. The van der Waals surface area contributed by atoms with Crippen molar-refractivity contribution in [3.8, 4) is 5.75 Å². The summed E-state index contributed by atoms with van der Waals surface area (Å²) < 4.78 is 11.0. The van der Waals surface area contributed by atoms with Crippen LogP contribution in [0, 0.1) is 0 Å². The van der Waals surface area contributed by atoms with Gasteiger partial charge < -0.3 is 14.5 Å². The fourth-order valence-electron chi connectivity index (χ4n) is 1.62. The highest BCUT2D eigenvalue weighted by Gasteiger charge is 2.12. The van der Waals surface area contributed by atoms with Crippen molar-refractivity contribution < 1.29 is 13.9 Å². The molecule has 0 fully saturated rings. The van der Waals surface area contributed by atoms with Crippen LogP contribution in [0.25, 0.3) is 0 Å². The maximum absolute atomic E-state index is 11.7. The standard InChI is InChI=1S/C15H16ClNO3/c1-10(2)17-15(18)14-8-7-11(20-14)9-19-13-6-4-3-5-12(13)16/h3-8,10H,9H2,1-2H3,(H,17,18). The molecule has 1 amide bonds. The molecule has 0 aliphatic rings. The first-order valence-electron chi connectivity index (χ1n) is 6.33. The highest BCUT2D eigenvalue weighted by Crippen LogP contribution is 2.24.